The standard InChI is InChI=1S/C37H40FN7O5/c1-22-23(4-6-30-28(22)15-26(16-39)45(30)13-10-27-17-41-34(46)21-49-27)18-43-12-9-24-19-44(20-31(24)43)35-33(8-11-40-36(35)47)50-32-7-5-25(38)14-29(32)37(48)42(2)3/h4-8,11,14-15,24,27,31H,9-10,12-13,17-21H2,1-3H3,(H,40,47)(H,41,46). The van der Waals surface area contributed by atoms with E-state index >= 15 is 0 Å². The molecule has 2 amide bonds. The summed E-state index contributed by atoms with van der Waals surface area (Å²) in [7, 11) is 3.17. The van der Waals surface area contributed by atoms with E-state index in [0.29, 0.717) is 55.6 Å². The zero-order chi connectivity index (χ0) is 35.1. The van der Waals surface area contributed by atoms with E-state index < -0.39 is 11.7 Å². The van der Waals surface area contributed by atoms with Crippen LogP contribution >= 0.6 is 0 Å². The average molecular weight is 682 g/mol. The van der Waals surface area contributed by atoms with Gasteiger partial charge in [0.1, 0.15) is 35.6 Å². The lowest BCUT2D eigenvalue weighted by atomic mass is 10.0. The highest BCUT2D eigenvalue weighted by Crippen LogP contribution is 2.39. The van der Waals surface area contributed by atoms with Crippen molar-refractivity contribution in [2.75, 3.05) is 51.8 Å². The number of benzene rings is 2. The Hall–Kier alpha value is -5.19. The predicted molar refractivity (Wildman–Crippen MR) is 185 cm³/mol. The van der Waals surface area contributed by atoms with Crippen LogP contribution in [0.15, 0.2) is 53.5 Å². The van der Waals surface area contributed by atoms with Crippen molar-refractivity contribution in [1.82, 2.24) is 24.7 Å². The molecule has 3 atom stereocenters. The molecule has 7 rings (SSSR count). The normalized spacial score (nSPS) is 20.5. The zero-order valence-electron chi connectivity index (χ0n) is 28.4. The molecule has 0 saturated carbocycles. The maximum absolute atomic E-state index is 14.1. The minimum Gasteiger partial charge on any atom is -0.454 e. The highest BCUT2D eigenvalue weighted by Gasteiger charge is 2.42. The molecule has 5 heterocycles. The predicted octanol–water partition coefficient (Wildman–Crippen LogP) is 3.76. The van der Waals surface area contributed by atoms with Crippen LogP contribution < -0.4 is 20.5 Å². The van der Waals surface area contributed by atoms with Crippen molar-refractivity contribution < 1.29 is 23.5 Å². The molecule has 260 valence electrons. The summed E-state index contributed by atoms with van der Waals surface area (Å²) in [6.45, 7) is 6.22. The topological polar surface area (TPSA) is 136 Å². The summed E-state index contributed by atoms with van der Waals surface area (Å²) in [5, 5.41) is 13.8. The number of nitrogens with one attached hydrogen (secondary N) is 2. The second-order valence-corrected chi connectivity index (χ2v) is 13.6. The van der Waals surface area contributed by atoms with Gasteiger partial charge in [-0.2, -0.15) is 5.26 Å². The number of carbonyl (C=O) groups is 2. The number of hydrogen-bond acceptors (Lipinski definition) is 8. The maximum atomic E-state index is 14.1. The molecule has 12 nitrogen and oxygen atoms in total. The lowest BCUT2D eigenvalue weighted by Gasteiger charge is -2.27. The van der Waals surface area contributed by atoms with Crippen LogP contribution in [0, 0.1) is 30.0 Å². The van der Waals surface area contributed by atoms with E-state index in [0.717, 1.165) is 42.0 Å². The van der Waals surface area contributed by atoms with Crippen molar-refractivity contribution in [1.29, 1.82) is 5.26 Å². The minimum atomic E-state index is -0.555. The molecule has 3 saturated heterocycles. The van der Waals surface area contributed by atoms with Gasteiger partial charge in [0, 0.05) is 70.0 Å². The molecular formula is C37H40FN7O5. The number of morpholine rings is 1. The smallest absolute Gasteiger partial charge is 0.275 e. The summed E-state index contributed by atoms with van der Waals surface area (Å²) in [6.07, 6.45) is 3.09. The number of nitriles is 1. The van der Waals surface area contributed by atoms with Gasteiger partial charge in [0.15, 0.2) is 5.75 Å². The van der Waals surface area contributed by atoms with Gasteiger partial charge < -0.3 is 34.1 Å². The van der Waals surface area contributed by atoms with E-state index in [9.17, 15) is 24.0 Å². The first kappa shape index (κ1) is 33.3. The molecule has 2 N–H and O–H groups in total. The fourth-order valence-corrected chi connectivity index (χ4v) is 7.61. The van der Waals surface area contributed by atoms with E-state index in [-0.39, 0.29) is 41.5 Å². The maximum Gasteiger partial charge on any atom is 0.275 e. The molecular weight excluding hydrogens is 641 g/mol. The van der Waals surface area contributed by atoms with E-state index in [2.05, 4.69) is 45.2 Å². The number of amides is 2. The first-order valence-electron chi connectivity index (χ1n) is 16.9. The Morgan fingerprint density at radius 3 is 2.74 bits per heavy atom. The Balaban J connectivity index is 1.09. The van der Waals surface area contributed by atoms with Crippen molar-refractivity contribution in [3.8, 4) is 17.6 Å². The van der Waals surface area contributed by atoms with Gasteiger partial charge in [-0.05, 0) is 79.8 Å². The number of carbonyl (C=O) groups excluding carboxylic acids is 2. The van der Waals surface area contributed by atoms with Crippen LogP contribution in [0.3, 0.4) is 0 Å². The van der Waals surface area contributed by atoms with Crippen LogP contribution in [0.2, 0.25) is 0 Å². The molecule has 3 fully saturated rings. The van der Waals surface area contributed by atoms with Gasteiger partial charge in [-0.25, -0.2) is 4.39 Å². The molecule has 0 spiro atoms. The van der Waals surface area contributed by atoms with Crippen LogP contribution in [0.1, 0.15) is 40.0 Å². The van der Waals surface area contributed by atoms with E-state index in [1.54, 1.807) is 20.2 Å². The molecule has 4 aromatic rings. The third-order valence-corrected chi connectivity index (χ3v) is 10.3. The van der Waals surface area contributed by atoms with Crippen molar-refractivity contribution in [2.45, 2.75) is 45.0 Å². The van der Waals surface area contributed by atoms with Gasteiger partial charge in [-0.15, -0.1) is 0 Å². The van der Waals surface area contributed by atoms with Crippen LogP contribution in [-0.2, 0) is 22.6 Å². The van der Waals surface area contributed by atoms with Gasteiger partial charge in [-0.1, -0.05) is 6.07 Å². The fraction of sp³-hybridized carbons (Fsp3) is 0.405. The Morgan fingerprint density at radius 1 is 1.14 bits per heavy atom. The first-order chi connectivity index (χ1) is 24.1. The quantitative estimate of drug-likeness (QED) is 0.273. The number of aromatic amines is 1. The Bertz CT molecular complexity index is 2060. The number of hydrogen-bond donors (Lipinski definition) is 2. The molecule has 50 heavy (non-hydrogen) atoms. The zero-order valence-corrected chi connectivity index (χ0v) is 28.4. The Kier molecular flexibility index (Phi) is 9.07. The number of aromatic nitrogens is 2. The van der Waals surface area contributed by atoms with Gasteiger partial charge in [0.25, 0.3) is 11.5 Å². The van der Waals surface area contributed by atoms with Gasteiger partial charge in [0.2, 0.25) is 5.91 Å². The number of anilines is 1. The summed E-state index contributed by atoms with van der Waals surface area (Å²) in [6, 6.07) is 14.2. The van der Waals surface area contributed by atoms with Gasteiger partial charge in [0.05, 0.1) is 11.7 Å². The lowest BCUT2D eigenvalue weighted by Crippen LogP contribution is -2.43. The third kappa shape index (κ3) is 6.32. The molecule has 0 aliphatic carbocycles. The summed E-state index contributed by atoms with van der Waals surface area (Å²) in [5.74, 6) is -0.240. The van der Waals surface area contributed by atoms with Gasteiger partial charge in [-0.3, -0.25) is 19.3 Å². The molecule has 3 aliphatic rings. The summed E-state index contributed by atoms with van der Waals surface area (Å²) >= 11 is 0. The number of rotatable bonds is 9. The molecule has 2 aromatic carbocycles. The average Bonchev–Trinajstić information content (AvgIpc) is 3.80. The van der Waals surface area contributed by atoms with Crippen LogP contribution in [0.25, 0.3) is 10.9 Å². The van der Waals surface area contributed by atoms with Crippen LogP contribution in [0.5, 0.6) is 11.5 Å². The lowest BCUT2D eigenvalue weighted by molar-refractivity contribution is -0.133. The molecule has 2 aromatic heterocycles. The Labute approximate surface area is 289 Å². The molecule has 3 unspecified atom stereocenters. The second-order valence-electron chi connectivity index (χ2n) is 13.6. The number of aryl methyl sites for hydroxylation is 2. The summed E-state index contributed by atoms with van der Waals surface area (Å²) in [5.41, 5.74) is 4.08. The SMILES string of the molecule is Cc1c(CN2CCC3CN(c4c(Oc5ccc(F)cc5C(=O)N(C)C)cc[nH]c4=O)CC32)ccc2c1cc(C#N)n2CCC1CNC(=O)CO1. The van der Waals surface area contributed by atoms with Crippen molar-refractivity contribution in [3.05, 3.63) is 87.2 Å². The highest BCUT2D eigenvalue weighted by atomic mass is 19.1. The highest BCUT2D eigenvalue weighted by molar-refractivity contribution is 5.96. The summed E-state index contributed by atoms with van der Waals surface area (Å²) < 4.78 is 28.0. The summed E-state index contributed by atoms with van der Waals surface area (Å²) in [4.78, 5) is 46.2. The number of ether oxygens (including phenoxy) is 2. The third-order valence-electron chi connectivity index (χ3n) is 10.3. The Morgan fingerprint density at radius 2 is 1.98 bits per heavy atom. The van der Waals surface area contributed by atoms with Gasteiger partial charge >= 0.3 is 0 Å². The van der Waals surface area contributed by atoms with Crippen molar-refractivity contribution >= 4 is 28.4 Å². The van der Waals surface area contributed by atoms with Crippen LogP contribution in [0.4, 0.5) is 10.1 Å². The number of H-pyrrole nitrogens is 1. The largest absolute Gasteiger partial charge is 0.454 e. The molecule has 0 bridgehead atoms. The van der Waals surface area contributed by atoms with Crippen molar-refractivity contribution in [2.24, 2.45) is 5.92 Å². The van der Waals surface area contributed by atoms with Crippen molar-refractivity contribution in [3.63, 3.8) is 0 Å². The first-order valence-corrected chi connectivity index (χ1v) is 16.9. The van der Waals surface area contributed by atoms with Crippen LogP contribution in [-0.4, -0.2) is 90.2 Å². The minimum absolute atomic E-state index is 0.0631. The monoisotopic (exact) mass is 681 g/mol. The van der Waals surface area contributed by atoms with E-state index in [4.69, 9.17) is 9.47 Å². The number of likely N-dealkylation sites (tertiary alicyclic amines) is 1. The molecule has 13 heteroatoms. The number of pyridine rings is 1. The molecule has 3 aliphatic heterocycles. The van der Waals surface area contributed by atoms with E-state index in [1.807, 2.05) is 10.6 Å². The number of nitrogens with zero attached hydrogens (tertiary/aromatic N) is 5. The second kappa shape index (κ2) is 13.6. The molecule has 0 radical (unpaired) electrons. The van der Waals surface area contributed by atoms with E-state index in [1.165, 1.54) is 28.8 Å². The number of fused-ring (bicyclic) bond motifs is 2. The number of halogens is 1. The fourth-order valence-electron chi connectivity index (χ4n) is 7.61.